The molecular formula is C24H32N4O2S. The van der Waals surface area contributed by atoms with E-state index in [0.717, 1.165) is 68.9 Å². The number of pyridine rings is 1. The molecule has 0 aromatic carbocycles. The number of piperidine rings is 2. The lowest BCUT2D eigenvalue weighted by molar-refractivity contribution is -0.138. The van der Waals surface area contributed by atoms with Crippen LogP contribution in [0.25, 0.3) is 0 Å². The van der Waals surface area contributed by atoms with Crippen LogP contribution in [0.4, 0.5) is 0 Å². The van der Waals surface area contributed by atoms with Gasteiger partial charge in [0.05, 0.1) is 10.8 Å². The second-order valence-corrected chi connectivity index (χ2v) is 9.61. The van der Waals surface area contributed by atoms with E-state index in [-0.39, 0.29) is 17.7 Å². The Hall–Kier alpha value is -2.25. The molecule has 2 amide bonds. The van der Waals surface area contributed by atoms with Crippen LogP contribution in [-0.2, 0) is 11.2 Å². The van der Waals surface area contributed by atoms with Crippen LogP contribution < -0.4 is 0 Å². The minimum atomic E-state index is -0.0788. The summed E-state index contributed by atoms with van der Waals surface area (Å²) in [5.41, 5.74) is 1.14. The van der Waals surface area contributed by atoms with Crippen molar-refractivity contribution in [3.8, 4) is 0 Å². The highest BCUT2D eigenvalue weighted by Crippen LogP contribution is 2.24. The van der Waals surface area contributed by atoms with E-state index in [1.807, 2.05) is 52.7 Å². The fourth-order valence-electron chi connectivity index (χ4n) is 4.74. The molecule has 2 aromatic heterocycles. The van der Waals surface area contributed by atoms with Gasteiger partial charge in [-0.15, -0.1) is 11.3 Å². The van der Waals surface area contributed by atoms with Crippen LogP contribution >= 0.6 is 11.3 Å². The van der Waals surface area contributed by atoms with Crippen molar-refractivity contribution in [1.82, 2.24) is 19.7 Å². The molecule has 2 aliphatic rings. The molecule has 2 saturated heterocycles. The van der Waals surface area contributed by atoms with Crippen LogP contribution in [0.3, 0.4) is 0 Å². The van der Waals surface area contributed by atoms with Crippen molar-refractivity contribution < 1.29 is 9.59 Å². The molecule has 2 aliphatic heterocycles. The number of thiophene rings is 1. The number of rotatable bonds is 6. The Labute approximate surface area is 188 Å². The van der Waals surface area contributed by atoms with Crippen LogP contribution in [0.1, 0.15) is 41.0 Å². The number of nitrogens with zero attached hydrogens (tertiary/aromatic N) is 4. The SMILES string of the molecule is CN(C(=O)C1CCCN(C(=O)c2cccs2)C1)C1CCN(CCc2ccccn2)CC1. The molecule has 6 nitrogen and oxygen atoms in total. The quantitative estimate of drug-likeness (QED) is 0.692. The maximum Gasteiger partial charge on any atom is 0.263 e. The summed E-state index contributed by atoms with van der Waals surface area (Å²) in [5, 5.41) is 1.93. The maximum atomic E-state index is 13.2. The summed E-state index contributed by atoms with van der Waals surface area (Å²) >= 11 is 1.47. The zero-order chi connectivity index (χ0) is 21.6. The summed E-state index contributed by atoms with van der Waals surface area (Å²) in [5.74, 6) is 0.192. The van der Waals surface area contributed by atoms with Gasteiger partial charge >= 0.3 is 0 Å². The standard InChI is InChI=1S/C24H32N4O2S/c1-26(21-10-15-27(16-11-21)14-9-20-7-2-3-12-25-20)23(29)19-6-4-13-28(18-19)24(30)22-8-5-17-31-22/h2-3,5,7-8,12,17,19,21H,4,6,9-11,13-16,18H2,1H3. The summed E-state index contributed by atoms with van der Waals surface area (Å²) in [6.07, 6.45) is 6.61. The van der Waals surface area contributed by atoms with Crippen LogP contribution in [0, 0.1) is 5.92 Å². The Morgan fingerprint density at radius 2 is 1.97 bits per heavy atom. The average molecular weight is 441 g/mol. The van der Waals surface area contributed by atoms with Crippen molar-refractivity contribution in [2.24, 2.45) is 5.92 Å². The molecule has 0 saturated carbocycles. The topological polar surface area (TPSA) is 56.8 Å². The molecule has 166 valence electrons. The molecule has 0 aliphatic carbocycles. The largest absolute Gasteiger partial charge is 0.342 e. The predicted molar refractivity (Wildman–Crippen MR) is 123 cm³/mol. The van der Waals surface area contributed by atoms with Crippen molar-refractivity contribution in [2.75, 3.05) is 39.8 Å². The number of aromatic nitrogens is 1. The Bertz CT molecular complexity index is 850. The van der Waals surface area contributed by atoms with Gasteiger partial charge < -0.3 is 14.7 Å². The molecule has 2 aromatic rings. The lowest BCUT2D eigenvalue weighted by atomic mass is 9.94. The third kappa shape index (κ3) is 5.52. The first-order valence-corrected chi connectivity index (χ1v) is 12.2. The first kappa shape index (κ1) is 22.0. The van der Waals surface area contributed by atoms with Gasteiger partial charge in [0.15, 0.2) is 0 Å². The van der Waals surface area contributed by atoms with Crippen molar-refractivity contribution in [3.63, 3.8) is 0 Å². The minimum Gasteiger partial charge on any atom is -0.342 e. The van der Waals surface area contributed by atoms with Crippen LogP contribution in [-0.4, -0.2) is 77.3 Å². The van der Waals surface area contributed by atoms with Gasteiger partial charge in [-0.1, -0.05) is 12.1 Å². The smallest absolute Gasteiger partial charge is 0.263 e. The number of carbonyl (C=O) groups excluding carboxylic acids is 2. The van der Waals surface area contributed by atoms with Gasteiger partial charge in [-0.2, -0.15) is 0 Å². The van der Waals surface area contributed by atoms with Gasteiger partial charge in [-0.25, -0.2) is 0 Å². The highest BCUT2D eigenvalue weighted by atomic mass is 32.1. The van der Waals surface area contributed by atoms with Crippen molar-refractivity contribution in [3.05, 3.63) is 52.5 Å². The van der Waals surface area contributed by atoms with Crippen LogP contribution in [0.15, 0.2) is 41.9 Å². The van der Waals surface area contributed by atoms with E-state index in [0.29, 0.717) is 12.6 Å². The molecule has 1 unspecified atom stereocenters. The Morgan fingerprint density at radius 3 is 2.68 bits per heavy atom. The Balaban J connectivity index is 1.25. The summed E-state index contributed by atoms with van der Waals surface area (Å²) in [7, 11) is 1.95. The molecule has 1 atom stereocenters. The van der Waals surface area contributed by atoms with Crippen molar-refractivity contribution in [2.45, 2.75) is 38.1 Å². The molecule has 2 fully saturated rings. The van der Waals surface area contributed by atoms with Gasteiger partial charge in [-0.05, 0) is 49.3 Å². The van der Waals surface area contributed by atoms with Crippen LogP contribution in [0.2, 0.25) is 0 Å². The Kier molecular flexibility index (Phi) is 7.35. The first-order chi connectivity index (χ1) is 15.1. The molecule has 7 heteroatoms. The maximum absolute atomic E-state index is 13.2. The molecule has 0 radical (unpaired) electrons. The highest BCUT2D eigenvalue weighted by Gasteiger charge is 2.34. The van der Waals surface area contributed by atoms with Gasteiger partial charge in [0.2, 0.25) is 5.91 Å². The van der Waals surface area contributed by atoms with Crippen molar-refractivity contribution >= 4 is 23.2 Å². The summed E-state index contributed by atoms with van der Waals surface area (Å²) in [6.45, 7) is 4.34. The minimum absolute atomic E-state index is 0.0661. The van der Waals surface area contributed by atoms with Gasteiger partial charge in [-0.3, -0.25) is 14.6 Å². The van der Waals surface area contributed by atoms with E-state index < -0.39 is 0 Å². The lowest BCUT2D eigenvalue weighted by Crippen LogP contribution is -2.50. The molecule has 31 heavy (non-hydrogen) atoms. The second-order valence-electron chi connectivity index (χ2n) is 8.66. The molecule has 0 spiro atoms. The van der Waals surface area contributed by atoms with E-state index in [9.17, 15) is 9.59 Å². The third-order valence-corrected chi connectivity index (χ3v) is 7.51. The predicted octanol–water partition coefficient (Wildman–Crippen LogP) is 3.16. The van der Waals surface area contributed by atoms with E-state index in [1.54, 1.807) is 0 Å². The molecule has 4 heterocycles. The monoisotopic (exact) mass is 440 g/mol. The normalized spacial score (nSPS) is 20.5. The fourth-order valence-corrected chi connectivity index (χ4v) is 5.43. The summed E-state index contributed by atoms with van der Waals surface area (Å²) in [4.78, 5) is 37.4. The highest BCUT2D eigenvalue weighted by molar-refractivity contribution is 7.12. The molecule has 0 N–H and O–H groups in total. The third-order valence-electron chi connectivity index (χ3n) is 6.65. The van der Waals surface area contributed by atoms with Gasteiger partial charge in [0.1, 0.15) is 0 Å². The molecule has 4 rings (SSSR count). The summed E-state index contributed by atoms with van der Waals surface area (Å²) < 4.78 is 0. The average Bonchev–Trinajstić information content (AvgIpc) is 3.37. The zero-order valence-electron chi connectivity index (χ0n) is 18.3. The van der Waals surface area contributed by atoms with E-state index in [4.69, 9.17) is 0 Å². The Morgan fingerprint density at radius 1 is 1.13 bits per heavy atom. The lowest BCUT2D eigenvalue weighted by Gasteiger charge is -2.39. The van der Waals surface area contributed by atoms with E-state index in [2.05, 4.69) is 16.0 Å². The second kappa shape index (κ2) is 10.4. The van der Waals surface area contributed by atoms with Crippen LogP contribution in [0.5, 0.6) is 0 Å². The molecule has 0 bridgehead atoms. The first-order valence-electron chi connectivity index (χ1n) is 11.3. The number of amides is 2. The number of hydrogen-bond donors (Lipinski definition) is 0. The molecular weight excluding hydrogens is 408 g/mol. The number of carbonyl (C=O) groups is 2. The summed E-state index contributed by atoms with van der Waals surface area (Å²) in [6, 6.07) is 10.1. The van der Waals surface area contributed by atoms with E-state index in [1.165, 1.54) is 11.3 Å². The van der Waals surface area contributed by atoms with Crippen molar-refractivity contribution in [1.29, 1.82) is 0 Å². The fraction of sp³-hybridized carbons (Fsp3) is 0.542. The van der Waals surface area contributed by atoms with Gasteiger partial charge in [0.25, 0.3) is 5.91 Å². The van der Waals surface area contributed by atoms with E-state index >= 15 is 0 Å². The zero-order valence-corrected chi connectivity index (χ0v) is 19.1. The number of likely N-dealkylation sites (tertiary alicyclic amines) is 2. The van der Waals surface area contributed by atoms with Gasteiger partial charge in [0, 0.05) is 64.1 Å². The number of hydrogen-bond acceptors (Lipinski definition) is 5.